The van der Waals surface area contributed by atoms with E-state index in [1.807, 2.05) is 27.7 Å². The molecule has 1 aromatic carbocycles. The van der Waals surface area contributed by atoms with E-state index in [4.69, 9.17) is 0 Å². The maximum absolute atomic E-state index is 12.9. The summed E-state index contributed by atoms with van der Waals surface area (Å²) in [5.74, 6) is 0.528. The fourth-order valence-electron chi connectivity index (χ4n) is 2.25. The summed E-state index contributed by atoms with van der Waals surface area (Å²) in [7, 11) is -3.53. The van der Waals surface area contributed by atoms with Crippen LogP contribution in [0.4, 0.5) is 0 Å². The molecular weight excluding hydrogens is 286 g/mol. The predicted octanol–water partition coefficient (Wildman–Crippen LogP) is 2.79. The summed E-state index contributed by atoms with van der Waals surface area (Å²) in [4.78, 5) is 0.301. The highest BCUT2D eigenvalue weighted by Crippen LogP contribution is 2.23. The zero-order valence-corrected chi connectivity index (χ0v) is 14.4. The Labute approximate surface area is 128 Å². The number of nitrogens with zero attached hydrogens (tertiary/aromatic N) is 1. The number of hydrogen-bond acceptors (Lipinski definition) is 3. The summed E-state index contributed by atoms with van der Waals surface area (Å²) in [6.45, 7) is 10.7. The van der Waals surface area contributed by atoms with Crippen molar-refractivity contribution < 1.29 is 13.5 Å². The summed E-state index contributed by atoms with van der Waals surface area (Å²) in [5.41, 5.74) is 1.33. The van der Waals surface area contributed by atoms with Gasteiger partial charge in [0.25, 0.3) is 0 Å². The van der Waals surface area contributed by atoms with E-state index in [-0.39, 0.29) is 18.4 Å². The van der Waals surface area contributed by atoms with Crippen LogP contribution < -0.4 is 0 Å². The largest absolute Gasteiger partial charge is 0.392 e. The van der Waals surface area contributed by atoms with E-state index in [1.165, 1.54) is 0 Å². The Hall–Kier alpha value is -0.910. The molecular formula is C16H27NO3S. The lowest BCUT2D eigenvalue weighted by molar-refractivity contribution is 0.281. The lowest BCUT2D eigenvalue weighted by Crippen LogP contribution is -2.37. The lowest BCUT2D eigenvalue weighted by Gasteiger charge is -2.26. The number of aryl methyl sites for hydroxylation is 1. The van der Waals surface area contributed by atoms with Crippen LogP contribution in [-0.4, -0.2) is 30.9 Å². The van der Waals surface area contributed by atoms with Gasteiger partial charge in [0.15, 0.2) is 0 Å². The number of rotatable bonds is 7. The Morgan fingerprint density at radius 3 is 2.05 bits per heavy atom. The van der Waals surface area contributed by atoms with E-state index in [0.29, 0.717) is 29.1 Å². The van der Waals surface area contributed by atoms with Crippen molar-refractivity contribution in [1.29, 1.82) is 0 Å². The van der Waals surface area contributed by atoms with Gasteiger partial charge in [-0.05, 0) is 36.0 Å². The Morgan fingerprint density at radius 1 is 1.10 bits per heavy atom. The minimum Gasteiger partial charge on any atom is -0.392 e. The molecule has 4 nitrogen and oxygen atoms in total. The number of aliphatic hydroxyl groups is 1. The lowest BCUT2D eigenvalue weighted by atomic mass is 10.2. The molecule has 0 aliphatic carbocycles. The van der Waals surface area contributed by atoms with Crippen molar-refractivity contribution in [3.63, 3.8) is 0 Å². The molecule has 5 heteroatoms. The summed E-state index contributed by atoms with van der Waals surface area (Å²) in [6.07, 6.45) is 0. The van der Waals surface area contributed by atoms with E-state index in [1.54, 1.807) is 29.4 Å². The normalized spacial score (nSPS) is 12.6. The average molecular weight is 313 g/mol. The van der Waals surface area contributed by atoms with E-state index < -0.39 is 10.0 Å². The first-order chi connectivity index (χ1) is 9.68. The summed E-state index contributed by atoms with van der Waals surface area (Å²) in [6, 6.07) is 5.09. The molecule has 0 aliphatic heterocycles. The third-order valence-electron chi connectivity index (χ3n) is 3.19. The number of sulfonamides is 1. The molecule has 120 valence electrons. The maximum Gasteiger partial charge on any atom is 0.243 e. The highest BCUT2D eigenvalue weighted by Gasteiger charge is 2.27. The van der Waals surface area contributed by atoms with Crippen LogP contribution in [0.5, 0.6) is 0 Å². The fourth-order valence-corrected chi connectivity index (χ4v) is 4.29. The zero-order chi connectivity index (χ0) is 16.2. The molecule has 0 bridgehead atoms. The molecule has 0 aliphatic rings. The SMILES string of the molecule is Cc1ccc(CO)cc1S(=O)(=O)N(CC(C)C)CC(C)C. The Balaban J connectivity index is 3.27. The van der Waals surface area contributed by atoms with E-state index in [2.05, 4.69) is 0 Å². The van der Waals surface area contributed by atoms with Crippen molar-refractivity contribution in [3.8, 4) is 0 Å². The Kier molecular flexibility index (Phi) is 6.38. The van der Waals surface area contributed by atoms with Crippen molar-refractivity contribution >= 4 is 10.0 Å². The quantitative estimate of drug-likeness (QED) is 0.842. The van der Waals surface area contributed by atoms with Gasteiger partial charge in [-0.2, -0.15) is 4.31 Å². The van der Waals surface area contributed by atoms with Gasteiger partial charge < -0.3 is 5.11 Å². The zero-order valence-electron chi connectivity index (χ0n) is 13.6. The average Bonchev–Trinajstić information content (AvgIpc) is 2.37. The highest BCUT2D eigenvalue weighted by molar-refractivity contribution is 7.89. The van der Waals surface area contributed by atoms with Crippen molar-refractivity contribution in [2.75, 3.05) is 13.1 Å². The number of benzene rings is 1. The minimum absolute atomic E-state index is 0.156. The first-order valence-corrected chi connectivity index (χ1v) is 8.83. The molecule has 0 spiro atoms. The van der Waals surface area contributed by atoms with Gasteiger partial charge in [0.05, 0.1) is 11.5 Å². The highest BCUT2D eigenvalue weighted by atomic mass is 32.2. The minimum atomic E-state index is -3.53. The molecule has 1 aromatic rings. The third-order valence-corrected chi connectivity index (χ3v) is 5.16. The van der Waals surface area contributed by atoms with Gasteiger partial charge in [-0.3, -0.25) is 0 Å². The van der Waals surface area contributed by atoms with Crippen LogP contribution in [0.25, 0.3) is 0 Å². The standard InChI is InChI=1S/C16H27NO3S/c1-12(2)9-17(10-13(3)4)21(19,20)16-8-15(11-18)7-6-14(16)5/h6-8,12-13,18H,9-11H2,1-5H3. The Morgan fingerprint density at radius 2 is 1.62 bits per heavy atom. The molecule has 0 aromatic heterocycles. The topological polar surface area (TPSA) is 57.6 Å². The summed E-state index contributed by atoms with van der Waals surface area (Å²) in [5, 5.41) is 9.24. The molecule has 0 atom stereocenters. The van der Waals surface area contributed by atoms with E-state index in [0.717, 1.165) is 0 Å². The maximum atomic E-state index is 12.9. The van der Waals surface area contributed by atoms with Crippen LogP contribution in [0, 0.1) is 18.8 Å². The van der Waals surface area contributed by atoms with Crippen molar-refractivity contribution in [1.82, 2.24) is 4.31 Å². The molecule has 0 saturated carbocycles. The summed E-state index contributed by atoms with van der Waals surface area (Å²) >= 11 is 0. The van der Waals surface area contributed by atoms with Crippen molar-refractivity contribution in [2.24, 2.45) is 11.8 Å². The number of aliphatic hydroxyl groups excluding tert-OH is 1. The van der Waals surface area contributed by atoms with Gasteiger partial charge in [0.2, 0.25) is 10.0 Å². The van der Waals surface area contributed by atoms with Gasteiger partial charge >= 0.3 is 0 Å². The fraction of sp³-hybridized carbons (Fsp3) is 0.625. The van der Waals surface area contributed by atoms with Gasteiger partial charge in [-0.1, -0.05) is 39.8 Å². The molecule has 0 amide bonds. The van der Waals surface area contributed by atoms with E-state index >= 15 is 0 Å². The van der Waals surface area contributed by atoms with Crippen molar-refractivity contribution in [2.45, 2.75) is 46.1 Å². The van der Waals surface area contributed by atoms with Gasteiger partial charge in [-0.25, -0.2) is 8.42 Å². The Bertz CT molecular complexity index is 555. The molecule has 1 N–H and O–H groups in total. The molecule has 0 heterocycles. The van der Waals surface area contributed by atoms with E-state index in [9.17, 15) is 13.5 Å². The molecule has 1 rings (SSSR count). The monoisotopic (exact) mass is 313 g/mol. The molecule has 0 unspecified atom stereocenters. The second-order valence-electron chi connectivity index (χ2n) is 6.37. The van der Waals surface area contributed by atoms with Gasteiger partial charge in [0.1, 0.15) is 0 Å². The van der Waals surface area contributed by atoms with Crippen molar-refractivity contribution in [3.05, 3.63) is 29.3 Å². The second-order valence-corrected chi connectivity index (χ2v) is 8.27. The molecule has 0 radical (unpaired) electrons. The van der Waals surface area contributed by atoms with Crippen LogP contribution in [0.15, 0.2) is 23.1 Å². The van der Waals surface area contributed by atoms with Gasteiger partial charge in [-0.15, -0.1) is 0 Å². The smallest absolute Gasteiger partial charge is 0.243 e. The van der Waals surface area contributed by atoms with Crippen LogP contribution in [-0.2, 0) is 16.6 Å². The first-order valence-electron chi connectivity index (χ1n) is 7.39. The number of hydrogen-bond donors (Lipinski definition) is 1. The molecule has 0 saturated heterocycles. The summed E-state index contributed by atoms with van der Waals surface area (Å²) < 4.78 is 27.4. The second kappa shape index (κ2) is 7.38. The molecule has 21 heavy (non-hydrogen) atoms. The first kappa shape index (κ1) is 18.1. The predicted molar refractivity (Wildman–Crippen MR) is 85.5 cm³/mol. The van der Waals surface area contributed by atoms with Crippen LogP contribution >= 0.6 is 0 Å². The van der Waals surface area contributed by atoms with Crippen LogP contribution in [0.1, 0.15) is 38.8 Å². The van der Waals surface area contributed by atoms with Crippen LogP contribution in [0.3, 0.4) is 0 Å². The van der Waals surface area contributed by atoms with Crippen LogP contribution in [0.2, 0.25) is 0 Å². The van der Waals surface area contributed by atoms with Gasteiger partial charge in [0, 0.05) is 13.1 Å². The third kappa shape index (κ3) is 4.80. The molecule has 0 fully saturated rings.